The van der Waals surface area contributed by atoms with Crippen molar-refractivity contribution in [3.63, 3.8) is 0 Å². The normalized spacial score (nSPS) is 15.3. The van der Waals surface area contributed by atoms with Gasteiger partial charge in [0.15, 0.2) is 11.5 Å². The molecular formula is C19H16ClNO3S2. The van der Waals surface area contributed by atoms with Gasteiger partial charge in [-0.05, 0) is 35.0 Å². The summed E-state index contributed by atoms with van der Waals surface area (Å²) >= 11 is 8.98. The van der Waals surface area contributed by atoms with Crippen LogP contribution in [0.1, 0.15) is 11.1 Å². The first kappa shape index (κ1) is 18.9. The van der Waals surface area contributed by atoms with Gasteiger partial charge in [-0.2, -0.15) is 0 Å². The summed E-state index contributed by atoms with van der Waals surface area (Å²) in [7, 11) is 3.10. The minimum Gasteiger partial charge on any atom is -0.493 e. The fourth-order valence-corrected chi connectivity index (χ4v) is 4.30. The van der Waals surface area contributed by atoms with Gasteiger partial charge >= 0.3 is 0 Å². The third-order valence-electron chi connectivity index (χ3n) is 3.60. The molecule has 0 N–H and O–H groups in total. The van der Waals surface area contributed by atoms with Gasteiger partial charge in [0.1, 0.15) is 10.1 Å². The van der Waals surface area contributed by atoms with Crippen LogP contribution in [0.4, 0.5) is 0 Å². The molecule has 26 heavy (non-hydrogen) atoms. The van der Waals surface area contributed by atoms with Crippen molar-refractivity contribution in [3.05, 3.63) is 64.3 Å². The second-order valence-electron chi connectivity index (χ2n) is 5.30. The van der Waals surface area contributed by atoms with Crippen molar-refractivity contribution in [2.75, 3.05) is 14.2 Å². The second-order valence-corrected chi connectivity index (χ2v) is 7.89. The van der Waals surface area contributed by atoms with Gasteiger partial charge < -0.3 is 9.47 Å². The summed E-state index contributed by atoms with van der Waals surface area (Å²) < 4.78 is 11.2. The Morgan fingerprint density at radius 2 is 1.85 bits per heavy atom. The van der Waals surface area contributed by atoms with E-state index in [4.69, 9.17) is 21.1 Å². The maximum Gasteiger partial charge on any atom is 0.244 e. The predicted molar refractivity (Wildman–Crippen MR) is 110 cm³/mol. The van der Waals surface area contributed by atoms with E-state index < -0.39 is 0 Å². The Morgan fingerprint density at radius 1 is 1.15 bits per heavy atom. The van der Waals surface area contributed by atoms with E-state index in [0.717, 1.165) is 21.9 Å². The maximum atomic E-state index is 12.3. The molecule has 7 heteroatoms. The Labute approximate surface area is 165 Å². The molecule has 2 aromatic rings. The average molecular weight is 406 g/mol. The van der Waals surface area contributed by atoms with Crippen LogP contribution < -0.4 is 9.47 Å². The minimum absolute atomic E-state index is 0.0913. The standard InChI is InChI=1S/C19H16ClNO3S2/c1-23-16-9-13(14(20)10-17(16)24-2)8-15-18(22)26-19(21-15)25-11-12-6-4-3-5-7-12/h3-10H,11H2,1-2H3. The van der Waals surface area contributed by atoms with E-state index in [2.05, 4.69) is 17.1 Å². The average Bonchev–Trinajstić information content (AvgIpc) is 3.01. The molecule has 1 aliphatic rings. The molecule has 1 aliphatic heterocycles. The minimum atomic E-state index is -0.0913. The monoisotopic (exact) mass is 405 g/mol. The molecule has 134 valence electrons. The number of carbonyl (C=O) groups excluding carboxylic acids is 1. The number of methoxy groups -OCH3 is 2. The van der Waals surface area contributed by atoms with Gasteiger partial charge in [0.05, 0.1) is 19.2 Å². The number of carbonyl (C=O) groups is 1. The van der Waals surface area contributed by atoms with Gasteiger partial charge in [0.25, 0.3) is 0 Å². The highest BCUT2D eigenvalue weighted by atomic mass is 35.5. The van der Waals surface area contributed by atoms with E-state index in [9.17, 15) is 4.79 Å². The Hall–Kier alpha value is -1.89. The van der Waals surface area contributed by atoms with Crippen LogP contribution in [-0.2, 0) is 10.5 Å². The first-order valence-corrected chi connectivity index (χ1v) is 9.89. The largest absolute Gasteiger partial charge is 0.493 e. The topological polar surface area (TPSA) is 47.9 Å². The van der Waals surface area contributed by atoms with Crippen molar-refractivity contribution in [2.24, 2.45) is 4.99 Å². The number of halogens is 1. The number of aliphatic imine (C=N–C) groups is 1. The van der Waals surface area contributed by atoms with Crippen molar-refractivity contribution >= 4 is 50.7 Å². The van der Waals surface area contributed by atoms with Gasteiger partial charge in [-0.25, -0.2) is 4.99 Å². The van der Waals surface area contributed by atoms with Gasteiger partial charge in [-0.15, -0.1) is 0 Å². The SMILES string of the molecule is COc1cc(Cl)c(C=C2N=C(SCc3ccccc3)SC2=O)cc1OC. The first-order chi connectivity index (χ1) is 12.6. The zero-order valence-electron chi connectivity index (χ0n) is 14.2. The predicted octanol–water partition coefficient (Wildman–Crippen LogP) is 5.26. The van der Waals surface area contributed by atoms with Gasteiger partial charge in [0.2, 0.25) is 5.12 Å². The molecule has 3 rings (SSSR count). The molecular weight excluding hydrogens is 390 g/mol. The van der Waals surface area contributed by atoms with Crippen molar-refractivity contribution in [2.45, 2.75) is 5.75 Å². The van der Waals surface area contributed by atoms with Crippen LogP contribution in [0.5, 0.6) is 11.5 Å². The molecule has 0 fully saturated rings. The van der Waals surface area contributed by atoms with Gasteiger partial charge in [-0.1, -0.05) is 53.7 Å². The zero-order chi connectivity index (χ0) is 18.5. The van der Waals surface area contributed by atoms with Crippen LogP contribution in [-0.4, -0.2) is 23.7 Å². The van der Waals surface area contributed by atoms with Crippen molar-refractivity contribution in [3.8, 4) is 11.5 Å². The summed E-state index contributed by atoms with van der Waals surface area (Å²) in [6, 6.07) is 13.5. The van der Waals surface area contributed by atoms with Crippen molar-refractivity contribution in [1.82, 2.24) is 0 Å². The van der Waals surface area contributed by atoms with E-state index in [1.54, 1.807) is 44.2 Å². The molecule has 1 heterocycles. The number of hydrogen-bond donors (Lipinski definition) is 0. The van der Waals surface area contributed by atoms with Crippen LogP contribution in [0.15, 0.2) is 53.2 Å². The highest BCUT2D eigenvalue weighted by Crippen LogP contribution is 2.37. The molecule has 0 saturated heterocycles. The summed E-state index contributed by atoms with van der Waals surface area (Å²) in [6.45, 7) is 0. The van der Waals surface area contributed by atoms with Crippen molar-refractivity contribution < 1.29 is 14.3 Å². The Kier molecular flexibility index (Phi) is 6.29. The first-order valence-electron chi connectivity index (χ1n) is 7.71. The summed E-state index contributed by atoms with van der Waals surface area (Å²) in [6.07, 6.45) is 1.68. The Balaban J connectivity index is 1.80. The summed E-state index contributed by atoms with van der Waals surface area (Å²) in [5.74, 6) is 1.85. The van der Waals surface area contributed by atoms with Crippen LogP contribution >= 0.6 is 35.1 Å². The molecule has 0 radical (unpaired) electrons. The Bertz CT molecular complexity index is 882. The summed E-state index contributed by atoms with van der Waals surface area (Å²) in [5.41, 5.74) is 2.22. The van der Waals surface area contributed by atoms with E-state index in [1.807, 2.05) is 18.2 Å². The van der Waals surface area contributed by atoms with E-state index in [0.29, 0.717) is 27.8 Å². The quantitative estimate of drug-likeness (QED) is 0.635. The molecule has 4 nitrogen and oxygen atoms in total. The Morgan fingerprint density at radius 3 is 2.54 bits per heavy atom. The van der Waals surface area contributed by atoms with E-state index >= 15 is 0 Å². The smallest absolute Gasteiger partial charge is 0.244 e. The number of rotatable bonds is 5. The highest BCUT2D eigenvalue weighted by molar-refractivity contribution is 8.45. The zero-order valence-corrected chi connectivity index (χ0v) is 16.6. The lowest BCUT2D eigenvalue weighted by Crippen LogP contribution is -1.93. The number of thioether (sulfide) groups is 2. The van der Waals surface area contributed by atoms with Crippen molar-refractivity contribution in [1.29, 1.82) is 0 Å². The molecule has 0 aromatic heterocycles. The van der Waals surface area contributed by atoms with Crippen LogP contribution in [0, 0.1) is 0 Å². The molecule has 0 spiro atoms. The van der Waals surface area contributed by atoms with Crippen LogP contribution in [0.25, 0.3) is 6.08 Å². The second kappa shape index (κ2) is 8.66. The fraction of sp³-hybridized carbons (Fsp3) is 0.158. The molecule has 0 amide bonds. The third kappa shape index (κ3) is 4.44. The van der Waals surface area contributed by atoms with E-state index in [1.165, 1.54) is 5.56 Å². The maximum absolute atomic E-state index is 12.3. The molecule has 0 unspecified atom stereocenters. The number of ether oxygens (including phenoxy) is 2. The summed E-state index contributed by atoms with van der Waals surface area (Å²) in [4.78, 5) is 16.7. The lowest BCUT2D eigenvalue weighted by atomic mass is 10.1. The fourth-order valence-electron chi connectivity index (χ4n) is 2.30. The van der Waals surface area contributed by atoms with Gasteiger partial charge in [0, 0.05) is 11.8 Å². The molecule has 0 bridgehead atoms. The van der Waals surface area contributed by atoms with Gasteiger partial charge in [-0.3, -0.25) is 4.79 Å². The van der Waals surface area contributed by atoms with Crippen LogP contribution in [0.2, 0.25) is 5.02 Å². The molecule has 2 aromatic carbocycles. The molecule has 0 saturated carbocycles. The lowest BCUT2D eigenvalue weighted by molar-refractivity contribution is -0.107. The molecule has 0 atom stereocenters. The summed E-state index contributed by atoms with van der Waals surface area (Å²) in [5, 5.41) is 0.375. The number of benzene rings is 2. The lowest BCUT2D eigenvalue weighted by Gasteiger charge is -2.09. The van der Waals surface area contributed by atoms with Crippen LogP contribution in [0.3, 0.4) is 0 Å². The highest BCUT2D eigenvalue weighted by Gasteiger charge is 2.23. The van der Waals surface area contributed by atoms with E-state index in [-0.39, 0.29) is 5.12 Å². The third-order valence-corrected chi connectivity index (χ3v) is 6.01. The molecule has 0 aliphatic carbocycles. The number of hydrogen-bond acceptors (Lipinski definition) is 6. The number of nitrogens with zero attached hydrogens (tertiary/aromatic N) is 1.